The number of benzene rings is 1. The van der Waals surface area contributed by atoms with Gasteiger partial charge in [0.05, 0.1) is 19.1 Å². The van der Waals surface area contributed by atoms with Crippen molar-refractivity contribution in [2.45, 2.75) is 26.4 Å². The van der Waals surface area contributed by atoms with Gasteiger partial charge in [0.2, 0.25) is 5.91 Å². The van der Waals surface area contributed by atoms with Crippen LogP contribution in [0.25, 0.3) is 0 Å². The van der Waals surface area contributed by atoms with E-state index < -0.39 is 0 Å². The number of carbonyl (C=O) groups is 1. The first kappa shape index (κ1) is 12.9. The lowest BCUT2D eigenvalue weighted by molar-refractivity contribution is -0.141. The number of aryl methyl sites for hydroxylation is 2. The predicted octanol–water partition coefficient (Wildman–Crippen LogP) is 1.28. The molecule has 4 heteroatoms. The van der Waals surface area contributed by atoms with Crippen LogP contribution in [0.3, 0.4) is 0 Å². The standard InChI is InChI=1S/C14H19NO3/c1-10-3-4-13(11(2)7-10)18-6-5-14(17)15-8-12(16)9-15/h3-4,7,12,16H,5-6,8-9H2,1-2H3. The molecule has 0 atom stereocenters. The van der Waals surface area contributed by atoms with Gasteiger partial charge in [0, 0.05) is 13.1 Å². The normalized spacial score (nSPS) is 15.4. The number of aliphatic hydroxyl groups is 1. The minimum atomic E-state index is -0.339. The van der Waals surface area contributed by atoms with E-state index in [0.29, 0.717) is 26.1 Å². The Morgan fingerprint density at radius 2 is 2.17 bits per heavy atom. The first-order chi connectivity index (χ1) is 8.56. The fraction of sp³-hybridized carbons (Fsp3) is 0.500. The minimum Gasteiger partial charge on any atom is -0.493 e. The topological polar surface area (TPSA) is 49.8 Å². The third kappa shape index (κ3) is 3.01. The Kier molecular flexibility index (Phi) is 3.87. The Morgan fingerprint density at radius 1 is 1.44 bits per heavy atom. The van der Waals surface area contributed by atoms with Crippen LogP contribution in [0, 0.1) is 13.8 Å². The lowest BCUT2D eigenvalue weighted by atomic mass is 10.1. The van der Waals surface area contributed by atoms with Gasteiger partial charge in [-0.3, -0.25) is 4.79 Å². The molecule has 1 aromatic rings. The van der Waals surface area contributed by atoms with E-state index in [1.807, 2.05) is 26.0 Å². The summed E-state index contributed by atoms with van der Waals surface area (Å²) < 4.78 is 5.60. The quantitative estimate of drug-likeness (QED) is 0.874. The summed E-state index contributed by atoms with van der Waals surface area (Å²) in [6.07, 6.45) is 0.0225. The molecule has 0 bridgehead atoms. The van der Waals surface area contributed by atoms with Crippen LogP contribution in [0.15, 0.2) is 18.2 Å². The molecule has 0 saturated carbocycles. The van der Waals surface area contributed by atoms with Gasteiger partial charge in [0.15, 0.2) is 0 Å². The molecule has 1 fully saturated rings. The zero-order valence-electron chi connectivity index (χ0n) is 10.8. The number of ether oxygens (including phenoxy) is 1. The molecule has 1 amide bonds. The number of likely N-dealkylation sites (tertiary alicyclic amines) is 1. The fourth-order valence-corrected chi connectivity index (χ4v) is 2.03. The van der Waals surface area contributed by atoms with Crippen LogP contribution in [0.2, 0.25) is 0 Å². The van der Waals surface area contributed by atoms with Crippen molar-refractivity contribution in [1.29, 1.82) is 0 Å². The molecule has 1 aromatic carbocycles. The number of carbonyl (C=O) groups excluding carboxylic acids is 1. The molecule has 1 aliphatic heterocycles. The van der Waals surface area contributed by atoms with Gasteiger partial charge in [0.25, 0.3) is 0 Å². The molecule has 1 saturated heterocycles. The Hall–Kier alpha value is -1.55. The van der Waals surface area contributed by atoms with E-state index in [9.17, 15) is 4.79 Å². The molecule has 0 aliphatic carbocycles. The first-order valence-electron chi connectivity index (χ1n) is 6.22. The summed E-state index contributed by atoms with van der Waals surface area (Å²) in [5, 5.41) is 9.11. The number of β-amino-alcohol motifs (C(OH)–C–C–N with tert-alkyl or cyclic N) is 1. The van der Waals surface area contributed by atoms with Crippen molar-refractivity contribution < 1.29 is 14.6 Å². The van der Waals surface area contributed by atoms with E-state index in [1.54, 1.807) is 4.90 Å². The van der Waals surface area contributed by atoms with Crippen LogP contribution >= 0.6 is 0 Å². The van der Waals surface area contributed by atoms with Crippen LogP contribution in [0.5, 0.6) is 5.75 Å². The second-order valence-electron chi connectivity index (χ2n) is 4.82. The molecule has 0 spiro atoms. The Bertz CT molecular complexity index is 439. The van der Waals surface area contributed by atoms with Gasteiger partial charge in [-0.05, 0) is 25.5 Å². The molecular formula is C14H19NO3. The number of hydrogen-bond acceptors (Lipinski definition) is 3. The summed E-state index contributed by atoms with van der Waals surface area (Å²) in [5.41, 5.74) is 2.28. The summed E-state index contributed by atoms with van der Waals surface area (Å²) in [7, 11) is 0. The third-order valence-electron chi connectivity index (χ3n) is 3.12. The maximum atomic E-state index is 11.6. The van der Waals surface area contributed by atoms with Gasteiger partial charge in [-0.25, -0.2) is 0 Å². The monoisotopic (exact) mass is 249 g/mol. The van der Waals surface area contributed by atoms with Gasteiger partial charge in [-0.2, -0.15) is 0 Å². The lowest BCUT2D eigenvalue weighted by Crippen LogP contribution is -2.53. The van der Waals surface area contributed by atoms with E-state index in [-0.39, 0.29) is 12.0 Å². The minimum absolute atomic E-state index is 0.0464. The van der Waals surface area contributed by atoms with Crippen molar-refractivity contribution in [2.24, 2.45) is 0 Å². The van der Waals surface area contributed by atoms with Crippen molar-refractivity contribution in [3.05, 3.63) is 29.3 Å². The zero-order chi connectivity index (χ0) is 13.1. The van der Waals surface area contributed by atoms with E-state index >= 15 is 0 Å². The average molecular weight is 249 g/mol. The van der Waals surface area contributed by atoms with Crippen molar-refractivity contribution >= 4 is 5.91 Å². The second-order valence-corrected chi connectivity index (χ2v) is 4.82. The van der Waals surface area contributed by atoms with Crippen molar-refractivity contribution in [3.63, 3.8) is 0 Å². The highest BCUT2D eigenvalue weighted by molar-refractivity contribution is 5.77. The van der Waals surface area contributed by atoms with Crippen LogP contribution in [0.4, 0.5) is 0 Å². The van der Waals surface area contributed by atoms with Gasteiger partial charge in [0.1, 0.15) is 5.75 Å². The molecule has 2 rings (SSSR count). The SMILES string of the molecule is Cc1ccc(OCCC(=O)N2CC(O)C2)c(C)c1. The summed E-state index contributed by atoms with van der Waals surface area (Å²) in [5.74, 6) is 0.877. The summed E-state index contributed by atoms with van der Waals surface area (Å²) in [6, 6.07) is 5.99. The zero-order valence-corrected chi connectivity index (χ0v) is 10.8. The van der Waals surface area contributed by atoms with Crippen LogP contribution < -0.4 is 4.74 Å². The summed E-state index contributed by atoms with van der Waals surface area (Å²) >= 11 is 0. The third-order valence-corrected chi connectivity index (χ3v) is 3.12. The van der Waals surface area contributed by atoms with Crippen molar-refractivity contribution in [3.8, 4) is 5.75 Å². The van der Waals surface area contributed by atoms with Crippen molar-refractivity contribution in [2.75, 3.05) is 19.7 Å². The Labute approximate surface area is 107 Å². The maximum Gasteiger partial charge on any atom is 0.226 e. The highest BCUT2D eigenvalue weighted by atomic mass is 16.5. The van der Waals surface area contributed by atoms with E-state index in [4.69, 9.17) is 9.84 Å². The van der Waals surface area contributed by atoms with Crippen LogP contribution in [-0.2, 0) is 4.79 Å². The highest BCUT2D eigenvalue weighted by Crippen LogP contribution is 2.19. The molecule has 4 nitrogen and oxygen atoms in total. The molecule has 18 heavy (non-hydrogen) atoms. The van der Waals surface area contributed by atoms with Gasteiger partial charge in [-0.15, -0.1) is 0 Å². The number of rotatable bonds is 4. The lowest BCUT2D eigenvalue weighted by Gasteiger charge is -2.35. The van der Waals surface area contributed by atoms with Gasteiger partial charge in [-0.1, -0.05) is 17.7 Å². The predicted molar refractivity (Wildman–Crippen MR) is 68.6 cm³/mol. The van der Waals surface area contributed by atoms with Crippen LogP contribution in [0.1, 0.15) is 17.5 Å². The number of amides is 1. The molecule has 1 N–H and O–H groups in total. The Balaban J connectivity index is 1.76. The molecule has 0 radical (unpaired) electrons. The number of nitrogens with zero attached hydrogens (tertiary/aromatic N) is 1. The molecule has 0 aromatic heterocycles. The number of aliphatic hydroxyl groups excluding tert-OH is 1. The molecule has 1 aliphatic rings. The van der Waals surface area contributed by atoms with Gasteiger partial charge >= 0.3 is 0 Å². The molecule has 98 valence electrons. The molecule has 1 heterocycles. The van der Waals surface area contributed by atoms with Crippen molar-refractivity contribution in [1.82, 2.24) is 4.90 Å². The first-order valence-corrected chi connectivity index (χ1v) is 6.22. The smallest absolute Gasteiger partial charge is 0.226 e. The van der Waals surface area contributed by atoms with Gasteiger partial charge < -0.3 is 14.7 Å². The Morgan fingerprint density at radius 3 is 2.78 bits per heavy atom. The largest absolute Gasteiger partial charge is 0.493 e. The molecular weight excluding hydrogens is 230 g/mol. The summed E-state index contributed by atoms with van der Waals surface area (Å²) in [6.45, 7) is 5.34. The molecule has 0 unspecified atom stereocenters. The highest BCUT2D eigenvalue weighted by Gasteiger charge is 2.28. The van der Waals surface area contributed by atoms with E-state index in [1.165, 1.54) is 5.56 Å². The fourth-order valence-electron chi connectivity index (χ4n) is 2.03. The van der Waals surface area contributed by atoms with Crippen LogP contribution in [-0.4, -0.2) is 41.7 Å². The average Bonchev–Trinajstić information content (AvgIpc) is 2.27. The van der Waals surface area contributed by atoms with E-state index in [0.717, 1.165) is 11.3 Å². The van der Waals surface area contributed by atoms with E-state index in [2.05, 4.69) is 6.07 Å². The number of hydrogen-bond donors (Lipinski definition) is 1. The maximum absolute atomic E-state index is 11.6. The second kappa shape index (κ2) is 5.40. The summed E-state index contributed by atoms with van der Waals surface area (Å²) in [4.78, 5) is 13.3.